The quantitative estimate of drug-likeness (QED) is 0.835. The molecule has 2 aromatic carbocycles. The van der Waals surface area contributed by atoms with E-state index in [1.807, 2.05) is 54.6 Å². The van der Waals surface area contributed by atoms with Crippen molar-refractivity contribution in [1.82, 2.24) is 0 Å². The van der Waals surface area contributed by atoms with Crippen LogP contribution in [0.4, 0.5) is 11.4 Å². The molecule has 2 aliphatic rings. The number of morpholine rings is 1. The van der Waals surface area contributed by atoms with E-state index < -0.39 is 0 Å². The minimum atomic E-state index is -0.0436. The van der Waals surface area contributed by atoms with Crippen LogP contribution in [0, 0.1) is 0 Å². The highest BCUT2D eigenvalue weighted by Gasteiger charge is 2.25. The third kappa shape index (κ3) is 3.61. The first kappa shape index (κ1) is 17.1. The van der Waals surface area contributed by atoms with E-state index in [9.17, 15) is 4.79 Å². The summed E-state index contributed by atoms with van der Waals surface area (Å²) in [6.45, 7) is 4.03. The van der Waals surface area contributed by atoms with Crippen LogP contribution in [0.3, 0.4) is 0 Å². The van der Waals surface area contributed by atoms with E-state index in [2.05, 4.69) is 9.89 Å². The SMILES string of the molecule is O=C(c1ccc(N2CCOCC2)cc1)N(C1=NCCS1)c1ccccc1. The number of nitrogens with zero attached hydrogens (tertiary/aromatic N) is 3. The Labute approximate surface area is 157 Å². The number of amidine groups is 1. The zero-order valence-corrected chi connectivity index (χ0v) is 15.3. The number of ether oxygens (including phenoxy) is 1. The average molecular weight is 367 g/mol. The van der Waals surface area contributed by atoms with E-state index in [0.29, 0.717) is 5.56 Å². The topological polar surface area (TPSA) is 45.1 Å². The molecule has 0 spiro atoms. The van der Waals surface area contributed by atoms with Gasteiger partial charge in [0.2, 0.25) is 0 Å². The summed E-state index contributed by atoms with van der Waals surface area (Å²) in [4.78, 5) is 21.7. The molecule has 0 unspecified atom stereocenters. The monoisotopic (exact) mass is 367 g/mol. The molecule has 0 bridgehead atoms. The summed E-state index contributed by atoms with van der Waals surface area (Å²) in [6.07, 6.45) is 0. The van der Waals surface area contributed by atoms with Crippen LogP contribution in [0.15, 0.2) is 59.6 Å². The van der Waals surface area contributed by atoms with Gasteiger partial charge in [0.25, 0.3) is 5.91 Å². The fourth-order valence-electron chi connectivity index (χ4n) is 3.12. The van der Waals surface area contributed by atoms with Gasteiger partial charge in [0, 0.05) is 30.1 Å². The third-order valence-electron chi connectivity index (χ3n) is 4.47. The summed E-state index contributed by atoms with van der Waals surface area (Å²) >= 11 is 1.63. The van der Waals surface area contributed by atoms with Crippen molar-refractivity contribution in [3.05, 3.63) is 60.2 Å². The smallest absolute Gasteiger partial charge is 0.264 e. The maximum Gasteiger partial charge on any atom is 0.264 e. The molecule has 0 saturated carbocycles. The summed E-state index contributed by atoms with van der Waals surface area (Å²) in [6, 6.07) is 17.6. The summed E-state index contributed by atoms with van der Waals surface area (Å²) in [5, 5.41) is 0.776. The first-order chi connectivity index (χ1) is 12.8. The molecule has 1 amide bonds. The normalized spacial score (nSPS) is 17.1. The number of hydrogen-bond donors (Lipinski definition) is 0. The van der Waals surface area contributed by atoms with Crippen molar-refractivity contribution >= 4 is 34.2 Å². The molecule has 0 N–H and O–H groups in total. The fourth-order valence-corrected chi connectivity index (χ4v) is 3.98. The van der Waals surface area contributed by atoms with Gasteiger partial charge in [-0.3, -0.25) is 14.7 Å². The Morgan fingerprint density at radius 1 is 1.04 bits per heavy atom. The number of para-hydroxylation sites is 1. The number of hydrogen-bond acceptors (Lipinski definition) is 5. The lowest BCUT2D eigenvalue weighted by molar-refractivity contribution is 0.100. The Bertz CT molecular complexity index is 786. The van der Waals surface area contributed by atoms with Gasteiger partial charge in [-0.15, -0.1) is 0 Å². The van der Waals surface area contributed by atoms with Gasteiger partial charge in [-0.2, -0.15) is 0 Å². The highest BCUT2D eigenvalue weighted by molar-refractivity contribution is 8.14. The number of aliphatic imine (C=N–C) groups is 1. The molecule has 2 aliphatic heterocycles. The molecule has 0 aliphatic carbocycles. The van der Waals surface area contributed by atoms with Crippen LogP contribution >= 0.6 is 11.8 Å². The van der Waals surface area contributed by atoms with Crippen molar-refractivity contribution in [1.29, 1.82) is 0 Å². The highest BCUT2D eigenvalue weighted by atomic mass is 32.2. The molecule has 134 valence electrons. The van der Waals surface area contributed by atoms with E-state index in [1.165, 1.54) is 0 Å². The zero-order chi connectivity index (χ0) is 17.8. The summed E-state index contributed by atoms with van der Waals surface area (Å²) < 4.78 is 5.40. The van der Waals surface area contributed by atoms with Crippen molar-refractivity contribution in [2.75, 3.05) is 48.4 Å². The van der Waals surface area contributed by atoms with Gasteiger partial charge in [-0.1, -0.05) is 30.0 Å². The molecule has 26 heavy (non-hydrogen) atoms. The van der Waals surface area contributed by atoms with E-state index in [1.54, 1.807) is 16.7 Å². The minimum Gasteiger partial charge on any atom is -0.378 e. The first-order valence-electron chi connectivity index (χ1n) is 8.82. The van der Waals surface area contributed by atoms with E-state index in [4.69, 9.17) is 4.74 Å². The third-order valence-corrected chi connectivity index (χ3v) is 5.43. The van der Waals surface area contributed by atoms with Crippen LogP contribution in [0.2, 0.25) is 0 Å². The number of thioether (sulfide) groups is 1. The van der Waals surface area contributed by atoms with E-state index in [-0.39, 0.29) is 5.91 Å². The van der Waals surface area contributed by atoms with Gasteiger partial charge in [-0.05, 0) is 36.4 Å². The molecular formula is C20H21N3O2S. The predicted molar refractivity (Wildman–Crippen MR) is 107 cm³/mol. The summed E-state index contributed by atoms with van der Waals surface area (Å²) in [7, 11) is 0. The van der Waals surface area contributed by atoms with Crippen molar-refractivity contribution in [3.63, 3.8) is 0 Å². The summed E-state index contributed by atoms with van der Waals surface area (Å²) in [5.74, 6) is 0.875. The van der Waals surface area contributed by atoms with Crippen molar-refractivity contribution in [2.24, 2.45) is 4.99 Å². The number of carbonyl (C=O) groups excluding carboxylic acids is 1. The highest BCUT2D eigenvalue weighted by Crippen LogP contribution is 2.26. The molecular weight excluding hydrogens is 346 g/mol. The fraction of sp³-hybridized carbons (Fsp3) is 0.300. The van der Waals surface area contributed by atoms with Crippen LogP contribution in [0.5, 0.6) is 0 Å². The van der Waals surface area contributed by atoms with Crippen LogP contribution < -0.4 is 9.80 Å². The molecule has 2 heterocycles. The maximum absolute atomic E-state index is 13.2. The van der Waals surface area contributed by atoms with Crippen molar-refractivity contribution in [2.45, 2.75) is 0 Å². The molecule has 0 atom stereocenters. The van der Waals surface area contributed by atoms with Crippen molar-refractivity contribution in [3.8, 4) is 0 Å². The van der Waals surface area contributed by atoms with Gasteiger partial charge in [0.05, 0.1) is 25.4 Å². The van der Waals surface area contributed by atoms with Crippen LogP contribution in [0.1, 0.15) is 10.4 Å². The molecule has 5 nitrogen and oxygen atoms in total. The lowest BCUT2D eigenvalue weighted by Gasteiger charge is -2.29. The standard InChI is InChI=1S/C20H21N3O2S/c24-19(16-6-8-17(9-7-16)22-11-13-25-14-12-22)23(20-21-10-15-26-20)18-4-2-1-3-5-18/h1-9H,10-15H2. The molecule has 4 rings (SSSR count). The number of anilines is 2. The second-order valence-electron chi connectivity index (χ2n) is 6.14. The van der Waals surface area contributed by atoms with Gasteiger partial charge in [0.15, 0.2) is 5.17 Å². The lowest BCUT2D eigenvalue weighted by Crippen LogP contribution is -2.36. The van der Waals surface area contributed by atoms with Crippen LogP contribution in [-0.4, -0.2) is 49.7 Å². The second-order valence-corrected chi connectivity index (χ2v) is 7.20. The van der Waals surface area contributed by atoms with Crippen LogP contribution in [0.25, 0.3) is 0 Å². The minimum absolute atomic E-state index is 0.0436. The number of benzene rings is 2. The Kier molecular flexibility index (Phi) is 5.22. The van der Waals surface area contributed by atoms with Gasteiger partial charge >= 0.3 is 0 Å². The molecule has 0 radical (unpaired) electrons. The van der Waals surface area contributed by atoms with Crippen molar-refractivity contribution < 1.29 is 9.53 Å². The maximum atomic E-state index is 13.2. The molecule has 0 aromatic heterocycles. The first-order valence-corrected chi connectivity index (χ1v) is 9.81. The zero-order valence-electron chi connectivity index (χ0n) is 14.5. The van der Waals surface area contributed by atoms with Gasteiger partial charge < -0.3 is 9.64 Å². The Balaban J connectivity index is 1.59. The van der Waals surface area contributed by atoms with Gasteiger partial charge in [-0.25, -0.2) is 0 Å². The van der Waals surface area contributed by atoms with Gasteiger partial charge in [0.1, 0.15) is 0 Å². The van der Waals surface area contributed by atoms with Crippen LogP contribution in [-0.2, 0) is 4.74 Å². The predicted octanol–water partition coefficient (Wildman–Crippen LogP) is 3.27. The molecule has 2 aromatic rings. The lowest BCUT2D eigenvalue weighted by atomic mass is 10.1. The molecule has 6 heteroatoms. The largest absolute Gasteiger partial charge is 0.378 e. The Morgan fingerprint density at radius 2 is 1.77 bits per heavy atom. The Hall–Kier alpha value is -2.31. The number of rotatable bonds is 3. The Morgan fingerprint density at radius 3 is 2.42 bits per heavy atom. The van der Waals surface area contributed by atoms with E-state index >= 15 is 0 Å². The summed E-state index contributed by atoms with van der Waals surface area (Å²) in [5.41, 5.74) is 2.65. The van der Waals surface area contributed by atoms with E-state index in [0.717, 1.165) is 55.1 Å². The number of carbonyl (C=O) groups is 1. The average Bonchev–Trinajstić information content (AvgIpc) is 3.24. The number of amides is 1. The molecule has 1 fully saturated rings. The molecule has 1 saturated heterocycles. The second kappa shape index (κ2) is 7.93.